The third kappa shape index (κ3) is 4.61. The van der Waals surface area contributed by atoms with E-state index in [1.165, 1.54) is 0 Å². The number of hydrogen-bond donors (Lipinski definition) is 1. The Morgan fingerprint density at radius 3 is 2.07 bits per heavy atom. The van der Waals surface area contributed by atoms with Crippen LogP contribution in [0.1, 0.15) is 34.1 Å². The van der Waals surface area contributed by atoms with Crippen LogP contribution in [-0.4, -0.2) is 41.6 Å². The molecule has 0 saturated heterocycles. The molecular weight excluding hydrogens is 218 g/mol. The van der Waals surface area contributed by atoms with Crippen molar-refractivity contribution in [3.63, 3.8) is 0 Å². The van der Waals surface area contributed by atoms with Gasteiger partial charge in [-0.2, -0.15) is 4.31 Å². The van der Waals surface area contributed by atoms with Crippen molar-refractivity contribution >= 4 is 16.0 Å². The first-order chi connectivity index (χ1) is 6.61. The maximum atomic E-state index is 11.8. The molecule has 0 spiro atoms. The van der Waals surface area contributed by atoms with E-state index in [9.17, 15) is 13.2 Å². The number of aliphatic carboxylic acids is 1. The molecule has 0 rings (SSSR count). The molecule has 0 aromatic rings. The van der Waals surface area contributed by atoms with E-state index in [0.29, 0.717) is 6.42 Å². The van der Waals surface area contributed by atoms with Gasteiger partial charge < -0.3 is 5.11 Å². The quantitative estimate of drug-likeness (QED) is 0.771. The molecule has 0 unspecified atom stereocenters. The van der Waals surface area contributed by atoms with E-state index in [1.807, 2.05) is 0 Å². The minimum atomic E-state index is -3.47. The third-order valence-corrected chi connectivity index (χ3v) is 4.10. The molecule has 0 amide bonds. The maximum absolute atomic E-state index is 11.8. The largest absolute Gasteiger partial charge is 0.480 e. The van der Waals surface area contributed by atoms with Gasteiger partial charge in [-0.05, 0) is 27.2 Å². The first-order valence-electron chi connectivity index (χ1n) is 4.83. The summed E-state index contributed by atoms with van der Waals surface area (Å²) in [7, 11) is -3.47. The van der Waals surface area contributed by atoms with Crippen LogP contribution in [0.25, 0.3) is 0 Å². The lowest BCUT2D eigenvalue weighted by Gasteiger charge is -2.33. The molecule has 0 radical (unpaired) electrons. The highest BCUT2D eigenvalue weighted by Crippen LogP contribution is 2.18. The molecule has 0 saturated carbocycles. The van der Waals surface area contributed by atoms with Crippen LogP contribution in [0.15, 0.2) is 0 Å². The Bertz CT molecular complexity index is 315. The number of hydrogen-bond acceptors (Lipinski definition) is 3. The zero-order valence-electron chi connectivity index (χ0n) is 9.65. The Labute approximate surface area is 91.1 Å². The van der Waals surface area contributed by atoms with Gasteiger partial charge in [0.2, 0.25) is 10.0 Å². The molecule has 0 atom stereocenters. The van der Waals surface area contributed by atoms with Gasteiger partial charge in [0, 0.05) is 5.54 Å². The Balaban J connectivity index is 5.03. The van der Waals surface area contributed by atoms with Crippen LogP contribution in [0.2, 0.25) is 0 Å². The molecule has 6 heteroatoms. The fraction of sp³-hybridized carbons (Fsp3) is 0.889. The van der Waals surface area contributed by atoms with Crippen molar-refractivity contribution in [2.75, 3.05) is 12.3 Å². The predicted molar refractivity (Wildman–Crippen MR) is 58.2 cm³/mol. The van der Waals surface area contributed by atoms with Crippen LogP contribution in [0.5, 0.6) is 0 Å². The fourth-order valence-corrected chi connectivity index (χ4v) is 3.12. The van der Waals surface area contributed by atoms with Crippen molar-refractivity contribution in [3.05, 3.63) is 0 Å². The summed E-state index contributed by atoms with van der Waals surface area (Å²) in [6, 6.07) is 0. The monoisotopic (exact) mass is 237 g/mol. The van der Waals surface area contributed by atoms with E-state index >= 15 is 0 Å². The van der Waals surface area contributed by atoms with Gasteiger partial charge in [0.1, 0.15) is 6.54 Å². The number of sulfonamides is 1. The van der Waals surface area contributed by atoms with Crippen molar-refractivity contribution in [1.29, 1.82) is 0 Å². The predicted octanol–water partition coefficient (Wildman–Crippen LogP) is 0.911. The van der Waals surface area contributed by atoms with Crippen molar-refractivity contribution < 1.29 is 18.3 Å². The SMILES string of the molecule is CCCS(=O)(=O)N(CC(=O)O)C(C)(C)C. The summed E-state index contributed by atoms with van der Waals surface area (Å²) in [4.78, 5) is 10.6. The maximum Gasteiger partial charge on any atom is 0.318 e. The van der Waals surface area contributed by atoms with E-state index in [-0.39, 0.29) is 5.75 Å². The number of carboxylic acid groups (broad SMARTS) is 1. The van der Waals surface area contributed by atoms with Crippen molar-refractivity contribution in [2.24, 2.45) is 0 Å². The normalized spacial score (nSPS) is 13.1. The fourth-order valence-electron chi connectivity index (χ4n) is 1.24. The van der Waals surface area contributed by atoms with Crippen LogP contribution < -0.4 is 0 Å². The van der Waals surface area contributed by atoms with Gasteiger partial charge in [0.15, 0.2) is 0 Å². The van der Waals surface area contributed by atoms with Gasteiger partial charge in [-0.15, -0.1) is 0 Å². The van der Waals surface area contributed by atoms with Gasteiger partial charge in [-0.3, -0.25) is 4.79 Å². The third-order valence-electron chi connectivity index (χ3n) is 1.82. The molecule has 90 valence electrons. The first-order valence-corrected chi connectivity index (χ1v) is 6.44. The van der Waals surface area contributed by atoms with Gasteiger partial charge in [-0.25, -0.2) is 8.42 Å². The van der Waals surface area contributed by atoms with E-state index in [4.69, 9.17) is 5.11 Å². The Hall–Kier alpha value is -0.620. The zero-order valence-corrected chi connectivity index (χ0v) is 10.5. The summed E-state index contributed by atoms with van der Waals surface area (Å²) < 4.78 is 24.6. The molecule has 15 heavy (non-hydrogen) atoms. The summed E-state index contributed by atoms with van der Waals surface area (Å²) in [5.74, 6) is -1.15. The first kappa shape index (κ1) is 14.4. The van der Waals surface area contributed by atoms with E-state index in [2.05, 4.69) is 0 Å². The Morgan fingerprint density at radius 1 is 1.33 bits per heavy atom. The van der Waals surface area contributed by atoms with Crippen molar-refractivity contribution in [2.45, 2.75) is 39.7 Å². The highest BCUT2D eigenvalue weighted by molar-refractivity contribution is 7.89. The molecule has 1 N–H and O–H groups in total. The number of carboxylic acids is 1. The average molecular weight is 237 g/mol. The Kier molecular flexibility index (Phi) is 4.73. The van der Waals surface area contributed by atoms with Gasteiger partial charge in [-0.1, -0.05) is 6.92 Å². The molecule has 0 aliphatic carbocycles. The second-order valence-corrected chi connectivity index (χ2v) is 6.40. The van der Waals surface area contributed by atoms with Crippen LogP contribution in [0.4, 0.5) is 0 Å². The second kappa shape index (κ2) is 4.94. The summed E-state index contributed by atoms with van der Waals surface area (Å²) in [5.41, 5.74) is -0.702. The molecule has 0 aliphatic heterocycles. The standard InChI is InChI=1S/C9H19NO4S/c1-5-6-15(13,14)10(7-8(11)12)9(2,3)4/h5-7H2,1-4H3,(H,11,12). The highest BCUT2D eigenvalue weighted by atomic mass is 32.2. The highest BCUT2D eigenvalue weighted by Gasteiger charge is 2.33. The van der Waals surface area contributed by atoms with Crippen LogP contribution in [0.3, 0.4) is 0 Å². The van der Waals surface area contributed by atoms with Crippen molar-refractivity contribution in [1.82, 2.24) is 4.31 Å². The lowest BCUT2D eigenvalue weighted by Crippen LogP contribution is -2.48. The minimum absolute atomic E-state index is 0.0163. The molecule has 0 aliphatic rings. The molecule has 5 nitrogen and oxygen atoms in total. The van der Waals surface area contributed by atoms with Gasteiger partial charge in [0.05, 0.1) is 5.75 Å². The van der Waals surface area contributed by atoms with E-state index in [1.54, 1.807) is 27.7 Å². The summed E-state index contributed by atoms with van der Waals surface area (Å²) in [6.07, 6.45) is 0.481. The molecular formula is C9H19NO4S. The van der Waals surface area contributed by atoms with E-state index < -0.39 is 28.1 Å². The molecule has 0 aromatic carbocycles. The van der Waals surface area contributed by atoms with Crippen LogP contribution in [0, 0.1) is 0 Å². The minimum Gasteiger partial charge on any atom is -0.480 e. The zero-order chi connectivity index (χ0) is 12.3. The summed E-state index contributed by atoms with van der Waals surface area (Å²) in [6.45, 7) is 6.32. The topological polar surface area (TPSA) is 74.7 Å². The molecule has 0 bridgehead atoms. The number of carbonyl (C=O) groups is 1. The smallest absolute Gasteiger partial charge is 0.318 e. The van der Waals surface area contributed by atoms with Crippen LogP contribution in [-0.2, 0) is 14.8 Å². The van der Waals surface area contributed by atoms with Crippen LogP contribution >= 0.6 is 0 Å². The average Bonchev–Trinajstić information content (AvgIpc) is 1.97. The molecule has 0 heterocycles. The molecule has 0 aromatic heterocycles. The molecule has 0 fully saturated rings. The Morgan fingerprint density at radius 2 is 1.80 bits per heavy atom. The van der Waals surface area contributed by atoms with Gasteiger partial charge >= 0.3 is 5.97 Å². The number of nitrogens with zero attached hydrogens (tertiary/aromatic N) is 1. The summed E-state index contributed by atoms with van der Waals surface area (Å²) >= 11 is 0. The van der Waals surface area contributed by atoms with E-state index in [0.717, 1.165) is 4.31 Å². The lowest BCUT2D eigenvalue weighted by atomic mass is 10.1. The number of rotatable bonds is 5. The summed E-state index contributed by atoms with van der Waals surface area (Å²) in [5, 5.41) is 8.67. The second-order valence-electron chi connectivity index (χ2n) is 4.39. The van der Waals surface area contributed by atoms with Crippen molar-refractivity contribution in [3.8, 4) is 0 Å². The lowest BCUT2D eigenvalue weighted by molar-refractivity contribution is -0.138. The van der Waals surface area contributed by atoms with Gasteiger partial charge in [0.25, 0.3) is 0 Å².